The minimum absolute atomic E-state index is 0.0181. The summed E-state index contributed by atoms with van der Waals surface area (Å²) in [6.45, 7) is 1.56. The van der Waals surface area contributed by atoms with Crippen molar-refractivity contribution in [2.45, 2.75) is 6.42 Å². The van der Waals surface area contributed by atoms with Gasteiger partial charge in [-0.1, -0.05) is 11.6 Å². The van der Waals surface area contributed by atoms with Crippen LogP contribution in [0, 0.1) is 5.82 Å². The summed E-state index contributed by atoms with van der Waals surface area (Å²) in [5.41, 5.74) is 0. The normalized spacial score (nSPS) is 14.5. The topological polar surface area (TPSA) is 58.1 Å². The number of hydrogen-bond acceptors (Lipinski definition) is 4. The Kier molecular flexibility index (Phi) is 3.19. The average Bonchev–Trinajstić information content (AvgIpc) is 2.18. The zero-order valence-electron chi connectivity index (χ0n) is 8.41. The third-order valence-corrected chi connectivity index (χ3v) is 2.63. The van der Waals surface area contributed by atoms with Crippen molar-refractivity contribution in [1.82, 2.24) is 14.9 Å². The zero-order valence-corrected chi connectivity index (χ0v) is 9.17. The van der Waals surface area contributed by atoms with Gasteiger partial charge in [-0.05, 0) is 6.42 Å². The van der Waals surface area contributed by atoms with E-state index in [4.69, 9.17) is 11.6 Å². The van der Waals surface area contributed by atoms with Crippen molar-refractivity contribution in [3.8, 4) is 0 Å². The molecule has 0 radical (unpaired) electrons. The molecule has 0 unspecified atom stereocenters. The first kappa shape index (κ1) is 11.1. The summed E-state index contributed by atoms with van der Waals surface area (Å²) in [4.78, 5) is 20.3. The Morgan fingerprint density at radius 3 is 2.94 bits per heavy atom. The van der Waals surface area contributed by atoms with Crippen molar-refractivity contribution in [2.24, 2.45) is 0 Å². The van der Waals surface area contributed by atoms with Crippen LogP contribution in [-0.4, -0.2) is 40.4 Å². The molecule has 0 aromatic carbocycles. The Labute approximate surface area is 96.6 Å². The average molecular weight is 245 g/mol. The number of halogens is 2. The summed E-state index contributed by atoms with van der Waals surface area (Å²) in [5.74, 6) is -0.852. The molecule has 0 bridgehead atoms. The van der Waals surface area contributed by atoms with E-state index in [1.807, 2.05) is 0 Å². The molecule has 1 aromatic heterocycles. The quantitative estimate of drug-likeness (QED) is 0.803. The highest BCUT2D eigenvalue weighted by atomic mass is 35.5. The van der Waals surface area contributed by atoms with Crippen LogP contribution in [0.25, 0.3) is 0 Å². The van der Waals surface area contributed by atoms with E-state index in [9.17, 15) is 9.18 Å². The van der Waals surface area contributed by atoms with Crippen molar-refractivity contribution in [1.29, 1.82) is 0 Å². The number of amides is 1. The number of nitrogens with one attached hydrogen (secondary N) is 1. The summed E-state index contributed by atoms with van der Waals surface area (Å²) in [6.07, 6.45) is 2.17. The molecule has 1 aromatic rings. The molecular weight excluding hydrogens is 235 g/mol. The van der Waals surface area contributed by atoms with Gasteiger partial charge in [0.2, 0.25) is 11.7 Å². The van der Waals surface area contributed by atoms with Crippen LogP contribution in [0.4, 0.5) is 10.2 Å². The fourth-order valence-electron chi connectivity index (χ4n) is 1.31. The molecule has 1 amide bonds. The van der Waals surface area contributed by atoms with E-state index < -0.39 is 5.82 Å². The van der Waals surface area contributed by atoms with Crippen molar-refractivity contribution >= 4 is 23.3 Å². The van der Waals surface area contributed by atoms with E-state index in [1.54, 1.807) is 4.90 Å². The van der Waals surface area contributed by atoms with E-state index in [1.165, 1.54) is 0 Å². The summed E-state index contributed by atoms with van der Waals surface area (Å²) in [5, 5.41) is 2.35. The summed E-state index contributed by atoms with van der Waals surface area (Å²) in [7, 11) is 0. The van der Waals surface area contributed by atoms with Gasteiger partial charge in [0.1, 0.15) is 6.33 Å². The van der Waals surface area contributed by atoms with Gasteiger partial charge in [0, 0.05) is 13.1 Å². The SMILES string of the molecule is O=C(CNc1ncnc(Cl)c1F)N1CCC1. The van der Waals surface area contributed by atoms with Gasteiger partial charge in [-0.25, -0.2) is 9.97 Å². The smallest absolute Gasteiger partial charge is 0.241 e. The van der Waals surface area contributed by atoms with E-state index >= 15 is 0 Å². The number of likely N-dealkylation sites (tertiary alicyclic amines) is 1. The molecule has 0 atom stereocenters. The molecule has 0 spiro atoms. The van der Waals surface area contributed by atoms with Gasteiger partial charge in [-0.15, -0.1) is 0 Å². The number of aromatic nitrogens is 2. The van der Waals surface area contributed by atoms with Gasteiger partial charge in [0.05, 0.1) is 6.54 Å². The van der Waals surface area contributed by atoms with Crippen molar-refractivity contribution in [2.75, 3.05) is 25.0 Å². The Morgan fingerprint density at radius 2 is 2.31 bits per heavy atom. The Bertz CT molecular complexity index is 410. The zero-order chi connectivity index (χ0) is 11.5. The fourth-order valence-corrected chi connectivity index (χ4v) is 1.44. The number of anilines is 1. The van der Waals surface area contributed by atoms with E-state index in [-0.39, 0.29) is 23.4 Å². The fraction of sp³-hybridized carbons (Fsp3) is 0.444. The second kappa shape index (κ2) is 4.61. The maximum Gasteiger partial charge on any atom is 0.241 e. The molecule has 0 aliphatic carbocycles. The predicted molar refractivity (Wildman–Crippen MR) is 56.7 cm³/mol. The molecule has 1 aliphatic rings. The number of rotatable bonds is 3. The third-order valence-electron chi connectivity index (χ3n) is 2.36. The van der Waals surface area contributed by atoms with E-state index in [2.05, 4.69) is 15.3 Å². The van der Waals surface area contributed by atoms with Crippen LogP contribution in [0.15, 0.2) is 6.33 Å². The molecule has 86 valence electrons. The van der Waals surface area contributed by atoms with Gasteiger partial charge in [0.25, 0.3) is 0 Å². The lowest BCUT2D eigenvalue weighted by atomic mass is 10.2. The summed E-state index contributed by atoms with van der Waals surface area (Å²) in [6, 6.07) is 0. The van der Waals surface area contributed by atoms with Crippen molar-refractivity contribution in [3.63, 3.8) is 0 Å². The maximum absolute atomic E-state index is 13.3. The molecule has 16 heavy (non-hydrogen) atoms. The molecule has 1 aliphatic heterocycles. The van der Waals surface area contributed by atoms with Gasteiger partial charge in [-0.2, -0.15) is 4.39 Å². The molecule has 1 N–H and O–H groups in total. The first-order chi connectivity index (χ1) is 7.68. The highest BCUT2D eigenvalue weighted by Gasteiger charge is 2.20. The standard InChI is InChI=1S/C9H10ClFN4O/c10-8-7(11)9(14-5-13-8)12-4-6(16)15-2-1-3-15/h5H,1-4H2,(H,12,13,14). The number of carbonyl (C=O) groups is 1. The molecule has 5 nitrogen and oxygen atoms in total. The minimum Gasteiger partial charge on any atom is -0.358 e. The lowest BCUT2D eigenvalue weighted by Crippen LogP contribution is -2.44. The summed E-state index contributed by atoms with van der Waals surface area (Å²) >= 11 is 5.47. The van der Waals surface area contributed by atoms with Crippen LogP contribution in [0.3, 0.4) is 0 Å². The first-order valence-corrected chi connectivity index (χ1v) is 5.24. The Balaban J connectivity index is 1.93. The van der Waals surface area contributed by atoms with Gasteiger partial charge in [-0.3, -0.25) is 4.79 Å². The number of carbonyl (C=O) groups excluding carboxylic acids is 1. The van der Waals surface area contributed by atoms with Crippen molar-refractivity contribution < 1.29 is 9.18 Å². The van der Waals surface area contributed by atoms with Gasteiger partial charge >= 0.3 is 0 Å². The minimum atomic E-state index is -0.736. The molecule has 7 heteroatoms. The third kappa shape index (κ3) is 2.21. The van der Waals surface area contributed by atoms with Crippen LogP contribution in [0.5, 0.6) is 0 Å². The Hall–Kier alpha value is -1.43. The second-order valence-electron chi connectivity index (χ2n) is 3.41. The molecule has 2 heterocycles. The number of nitrogens with zero attached hydrogens (tertiary/aromatic N) is 3. The molecule has 1 saturated heterocycles. The Morgan fingerprint density at radius 1 is 1.56 bits per heavy atom. The predicted octanol–water partition coefficient (Wildman–Crippen LogP) is 0.913. The van der Waals surface area contributed by atoms with Crippen LogP contribution >= 0.6 is 11.6 Å². The highest BCUT2D eigenvalue weighted by molar-refractivity contribution is 6.29. The van der Waals surface area contributed by atoms with Gasteiger partial charge < -0.3 is 10.2 Å². The largest absolute Gasteiger partial charge is 0.358 e. The molecule has 1 fully saturated rings. The lowest BCUT2D eigenvalue weighted by molar-refractivity contribution is -0.132. The number of hydrogen-bond donors (Lipinski definition) is 1. The lowest BCUT2D eigenvalue weighted by Gasteiger charge is -2.30. The van der Waals surface area contributed by atoms with Crippen LogP contribution in [0.2, 0.25) is 5.15 Å². The van der Waals surface area contributed by atoms with Crippen molar-refractivity contribution in [3.05, 3.63) is 17.3 Å². The molecular formula is C9H10ClFN4O. The van der Waals surface area contributed by atoms with E-state index in [0.29, 0.717) is 0 Å². The first-order valence-electron chi connectivity index (χ1n) is 4.86. The van der Waals surface area contributed by atoms with Crippen LogP contribution < -0.4 is 5.32 Å². The second-order valence-corrected chi connectivity index (χ2v) is 3.77. The highest BCUT2D eigenvalue weighted by Crippen LogP contribution is 2.16. The summed E-state index contributed by atoms with van der Waals surface area (Å²) < 4.78 is 13.3. The maximum atomic E-state index is 13.3. The van der Waals surface area contributed by atoms with Gasteiger partial charge in [0.15, 0.2) is 11.0 Å². The molecule has 2 rings (SSSR count). The molecule has 0 saturated carbocycles. The monoisotopic (exact) mass is 244 g/mol. The van der Waals surface area contributed by atoms with Crippen LogP contribution in [-0.2, 0) is 4.79 Å². The van der Waals surface area contributed by atoms with E-state index in [0.717, 1.165) is 25.8 Å². The van der Waals surface area contributed by atoms with Crippen LogP contribution in [0.1, 0.15) is 6.42 Å².